The molecule has 2 aromatic heterocycles. The fourth-order valence-corrected chi connectivity index (χ4v) is 3.94. The van der Waals surface area contributed by atoms with Crippen molar-refractivity contribution in [2.24, 2.45) is 5.92 Å². The Morgan fingerprint density at radius 3 is 2.64 bits per heavy atom. The zero-order valence-electron chi connectivity index (χ0n) is 16.6. The van der Waals surface area contributed by atoms with Crippen LogP contribution in [0, 0.1) is 19.8 Å². The van der Waals surface area contributed by atoms with Crippen LogP contribution in [0.25, 0.3) is 15.9 Å². The van der Waals surface area contributed by atoms with Crippen molar-refractivity contribution in [1.82, 2.24) is 14.5 Å². The summed E-state index contributed by atoms with van der Waals surface area (Å²) >= 11 is 1.28. The van der Waals surface area contributed by atoms with Gasteiger partial charge in [-0.3, -0.25) is 14.2 Å². The average molecular weight is 400 g/mol. The molecule has 0 aliphatic carbocycles. The van der Waals surface area contributed by atoms with Crippen molar-refractivity contribution in [3.63, 3.8) is 0 Å². The first-order valence-corrected chi connectivity index (χ1v) is 10.2. The third-order valence-corrected chi connectivity index (χ3v) is 5.60. The second-order valence-corrected chi connectivity index (χ2v) is 8.38. The predicted octanol–water partition coefficient (Wildman–Crippen LogP) is 2.99. The van der Waals surface area contributed by atoms with E-state index in [4.69, 9.17) is 0 Å². The maximum Gasteiger partial charge on any atom is 0.336 e. The van der Waals surface area contributed by atoms with E-state index in [1.165, 1.54) is 20.5 Å². The third-order valence-electron chi connectivity index (χ3n) is 4.71. The summed E-state index contributed by atoms with van der Waals surface area (Å²) in [6.07, 6.45) is 0.872. The number of aromatic nitrogens is 2. The Morgan fingerprint density at radius 2 is 1.93 bits per heavy atom. The molecule has 0 bridgehead atoms. The molecule has 0 unspecified atom stereocenters. The normalized spacial score (nSPS) is 11.3. The van der Waals surface area contributed by atoms with Crippen molar-refractivity contribution in [1.29, 1.82) is 0 Å². The number of aryl methyl sites for hydroxylation is 2. The lowest BCUT2D eigenvalue weighted by Gasteiger charge is -2.14. The van der Waals surface area contributed by atoms with Crippen molar-refractivity contribution >= 4 is 27.5 Å². The molecule has 0 saturated carbocycles. The van der Waals surface area contributed by atoms with Crippen LogP contribution in [0.5, 0.6) is 0 Å². The molecule has 6 nitrogen and oxygen atoms in total. The highest BCUT2D eigenvalue weighted by molar-refractivity contribution is 7.17. The highest BCUT2D eigenvalue weighted by atomic mass is 32.1. The summed E-state index contributed by atoms with van der Waals surface area (Å²) in [4.78, 5) is 38.7. The number of nitrogens with zero attached hydrogens (tertiary/aromatic N) is 2. The quantitative estimate of drug-likeness (QED) is 0.693. The first-order valence-electron chi connectivity index (χ1n) is 9.37. The van der Waals surface area contributed by atoms with Gasteiger partial charge >= 0.3 is 5.69 Å². The maximum absolute atomic E-state index is 13.2. The fraction of sp³-hybridized carbons (Fsp3) is 0.381. The maximum atomic E-state index is 13.2. The molecule has 0 aliphatic rings. The molecule has 1 N–H and O–H groups in total. The van der Waals surface area contributed by atoms with E-state index in [1.54, 1.807) is 11.4 Å². The Bertz CT molecular complexity index is 1140. The summed E-state index contributed by atoms with van der Waals surface area (Å²) in [6.45, 7) is 8.40. The van der Waals surface area contributed by atoms with Crippen LogP contribution >= 0.6 is 11.3 Å². The Labute approximate surface area is 167 Å². The molecule has 0 fully saturated rings. The van der Waals surface area contributed by atoms with Crippen molar-refractivity contribution in [3.05, 3.63) is 61.6 Å². The van der Waals surface area contributed by atoms with Gasteiger partial charge in [-0.15, -0.1) is 11.3 Å². The molecule has 1 amide bonds. The van der Waals surface area contributed by atoms with Gasteiger partial charge in [-0.05, 0) is 54.8 Å². The van der Waals surface area contributed by atoms with Gasteiger partial charge in [0.25, 0.3) is 5.56 Å². The zero-order chi connectivity index (χ0) is 20.4. The number of carbonyl (C=O) groups is 1. The highest BCUT2D eigenvalue weighted by Gasteiger charge is 2.18. The Morgan fingerprint density at radius 1 is 1.18 bits per heavy atom. The summed E-state index contributed by atoms with van der Waals surface area (Å²) < 4.78 is 3.04. The van der Waals surface area contributed by atoms with Crippen LogP contribution in [0.3, 0.4) is 0 Å². The minimum atomic E-state index is -0.497. The molecule has 2 heterocycles. The molecule has 28 heavy (non-hydrogen) atoms. The van der Waals surface area contributed by atoms with E-state index >= 15 is 0 Å². The van der Waals surface area contributed by atoms with Crippen LogP contribution in [0.1, 0.15) is 31.4 Å². The molecule has 0 saturated heterocycles. The summed E-state index contributed by atoms with van der Waals surface area (Å²) in [5, 5.41) is 4.63. The number of hydrogen-bond donors (Lipinski definition) is 1. The van der Waals surface area contributed by atoms with Gasteiger partial charge < -0.3 is 5.32 Å². The van der Waals surface area contributed by atoms with E-state index in [0.29, 0.717) is 28.4 Å². The van der Waals surface area contributed by atoms with E-state index < -0.39 is 5.69 Å². The van der Waals surface area contributed by atoms with Crippen LogP contribution in [-0.2, 0) is 11.3 Å². The molecule has 0 radical (unpaired) electrons. The fourth-order valence-electron chi connectivity index (χ4n) is 3.11. The lowest BCUT2D eigenvalue weighted by molar-refractivity contribution is -0.121. The number of amides is 1. The van der Waals surface area contributed by atoms with E-state index in [9.17, 15) is 14.4 Å². The number of thiophene rings is 1. The Kier molecular flexibility index (Phi) is 5.84. The minimum Gasteiger partial charge on any atom is -0.355 e. The first-order chi connectivity index (χ1) is 13.3. The minimum absolute atomic E-state index is 0.116. The summed E-state index contributed by atoms with van der Waals surface area (Å²) in [6, 6.07) is 7.37. The van der Waals surface area contributed by atoms with Gasteiger partial charge in [-0.2, -0.15) is 0 Å². The molecule has 0 atom stereocenters. The standard InChI is InChI=1S/C21H25N3O3S/c1-13(2)7-9-22-18(25)12-23-16-8-10-28-19(16)20(26)24(21(23)27)17-11-14(3)5-6-15(17)4/h5-6,8,10-11,13H,7,9,12H2,1-4H3,(H,22,25). The van der Waals surface area contributed by atoms with Crippen LogP contribution in [-0.4, -0.2) is 21.6 Å². The smallest absolute Gasteiger partial charge is 0.336 e. The lowest BCUT2D eigenvalue weighted by atomic mass is 10.1. The van der Waals surface area contributed by atoms with Crippen molar-refractivity contribution in [3.8, 4) is 5.69 Å². The number of nitrogens with one attached hydrogen (secondary N) is 1. The third kappa shape index (κ3) is 3.94. The van der Waals surface area contributed by atoms with Crippen LogP contribution < -0.4 is 16.6 Å². The van der Waals surface area contributed by atoms with Crippen LogP contribution in [0.2, 0.25) is 0 Å². The number of hydrogen-bond acceptors (Lipinski definition) is 4. The van der Waals surface area contributed by atoms with Crippen molar-refractivity contribution in [2.75, 3.05) is 6.54 Å². The van der Waals surface area contributed by atoms with E-state index in [-0.39, 0.29) is 18.0 Å². The van der Waals surface area contributed by atoms with Gasteiger partial charge in [-0.25, -0.2) is 9.36 Å². The molecular weight excluding hydrogens is 374 g/mol. The number of fused-ring (bicyclic) bond motifs is 1. The van der Waals surface area contributed by atoms with Crippen LogP contribution in [0.15, 0.2) is 39.2 Å². The van der Waals surface area contributed by atoms with Gasteiger partial charge in [-0.1, -0.05) is 26.0 Å². The number of benzene rings is 1. The van der Waals surface area contributed by atoms with E-state index in [2.05, 4.69) is 19.2 Å². The predicted molar refractivity (Wildman–Crippen MR) is 114 cm³/mol. The van der Waals surface area contributed by atoms with Crippen LogP contribution in [0.4, 0.5) is 0 Å². The molecule has 3 rings (SSSR count). The molecular formula is C21H25N3O3S. The summed E-state index contributed by atoms with van der Waals surface area (Å²) in [5.74, 6) is 0.249. The molecule has 1 aromatic carbocycles. The topological polar surface area (TPSA) is 73.1 Å². The first kappa shape index (κ1) is 20.1. The van der Waals surface area contributed by atoms with Crippen molar-refractivity contribution in [2.45, 2.75) is 40.7 Å². The second kappa shape index (κ2) is 8.14. The molecule has 0 spiro atoms. The molecule has 0 aliphatic heterocycles. The lowest BCUT2D eigenvalue weighted by Crippen LogP contribution is -2.41. The SMILES string of the molecule is Cc1ccc(C)c(-n2c(=O)c3sccc3n(CC(=O)NCCC(C)C)c2=O)c1. The summed E-state index contributed by atoms with van der Waals surface area (Å²) in [7, 11) is 0. The van der Waals surface area contributed by atoms with Gasteiger partial charge in [0.15, 0.2) is 0 Å². The van der Waals surface area contributed by atoms with Gasteiger partial charge in [0.05, 0.1) is 11.2 Å². The highest BCUT2D eigenvalue weighted by Crippen LogP contribution is 2.18. The average Bonchev–Trinajstić information content (AvgIpc) is 3.11. The molecule has 148 valence electrons. The Hall–Kier alpha value is -2.67. The van der Waals surface area contributed by atoms with E-state index in [0.717, 1.165) is 17.5 Å². The molecule has 7 heteroatoms. The van der Waals surface area contributed by atoms with Gasteiger partial charge in [0.1, 0.15) is 11.2 Å². The zero-order valence-corrected chi connectivity index (χ0v) is 17.4. The molecule has 3 aromatic rings. The van der Waals surface area contributed by atoms with Gasteiger partial charge in [0.2, 0.25) is 5.91 Å². The van der Waals surface area contributed by atoms with Crippen molar-refractivity contribution < 1.29 is 4.79 Å². The Balaban J connectivity index is 2.10. The van der Waals surface area contributed by atoms with E-state index in [1.807, 2.05) is 32.0 Å². The number of rotatable bonds is 6. The van der Waals surface area contributed by atoms with Gasteiger partial charge in [0, 0.05) is 6.54 Å². The summed E-state index contributed by atoms with van der Waals surface area (Å²) in [5.41, 5.74) is 1.99. The number of carbonyl (C=O) groups excluding carboxylic acids is 1. The second-order valence-electron chi connectivity index (χ2n) is 7.47. The largest absolute Gasteiger partial charge is 0.355 e. The monoisotopic (exact) mass is 399 g/mol.